The molecule has 0 heterocycles. The minimum absolute atomic E-state index is 0.208. The van der Waals surface area contributed by atoms with E-state index in [-0.39, 0.29) is 11.5 Å². The molecule has 3 heteroatoms. The maximum Gasteiger partial charge on any atom is 0.147 e. The van der Waals surface area contributed by atoms with Crippen LogP contribution in [-0.4, -0.2) is 0 Å². The van der Waals surface area contributed by atoms with E-state index in [0.29, 0.717) is 0 Å². The minimum Gasteiger partial charge on any atom is -0.395 e. The van der Waals surface area contributed by atoms with Crippen molar-refractivity contribution >= 4 is 17.4 Å². The quantitative estimate of drug-likeness (QED) is 0.563. The van der Waals surface area contributed by atoms with Crippen molar-refractivity contribution in [3.8, 4) is 0 Å². The van der Waals surface area contributed by atoms with Gasteiger partial charge in [0.2, 0.25) is 0 Å². The van der Waals surface area contributed by atoms with Gasteiger partial charge in [-0.3, -0.25) is 0 Å². The third-order valence-electron chi connectivity index (χ3n) is 1.54. The van der Waals surface area contributed by atoms with E-state index in [0.717, 1.165) is 10.5 Å². The number of hydrogen-bond acceptors (Lipinski definition) is 2. The highest BCUT2D eigenvalue weighted by atomic mass is 32.2. The number of rotatable bonds is 2. The lowest BCUT2D eigenvalue weighted by Crippen LogP contribution is -1.94. The average molecular weight is 183 g/mol. The summed E-state index contributed by atoms with van der Waals surface area (Å²) in [5.74, 6) is -0.370. The predicted octanol–water partition coefficient (Wildman–Crippen LogP) is 2.95. The molecule has 0 atom stereocenters. The predicted molar refractivity (Wildman–Crippen MR) is 51.6 cm³/mol. The summed E-state index contributed by atoms with van der Waals surface area (Å²) in [5, 5.41) is 1.64. The van der Waals surface area contributed by atoms with Crippen LogP contribution in [0.2, 0.25) is 0 Å². The third-order valence-corrected chi connectivity index (χ3v) is 2.49. The molecule has 12 heavy (non-hydrogen) atoms. The van der Waals surface area contributed by atoms with Crippen molar-refractivity contribution in [2.75, 3.05) is 5.73 Å². The smallest absolute Gasteiger partial charge is 0.147 e. The van der Waals surface area contributed by atoms with Gasteiger partial charge in [-0.25, -0.2) is 4.39 Å². The minimum atomic E-state index is -0.370. The van der Waals surface area contributed by atoms with E-state index < -0.39 is 0 Å². The summed E-state index contributed by atoms with van der Waals surface area (Å²) in [6.07, 6.45) is 0. The third kappa shape index (κ3) is 1.61. The molecule has 1 nitrogen and oxygen atoms in total. The van der Waals surface area contributed by atoms with Gasteiger partial charge < -0.3 is 5.73 Å². The molecule has 0 bridgehead atoms. The molecular formula is C9H10FNS. The first kappa shape index (κ1) is 9.13. The maximum absolute atomic E-state index is 12.9. The van der Waals surface area contributed by atoms with Crippen LogP contribution in [0.1, 0.15) is 5.56 Å². The fourth-order valence-electron chi connectivity index (χ4n) is 0.924. The average Bonchev–Trinajstić information content (AvgIpc) is 2.06. The summed E-state index contributed by atoms with van der Waals surface area (Å²) in [5.41, 5.74) is 6.71. The Morgan fingerprint density at radius 2 is 2.25 bits per heavy atom. The summed E-state index contributed by atoms with van der Waals surface area (Å²) in [6, 6.07) is 3.08. The SMILES string of the molecule is C=CSc1c(C)ccc(F)c1N. The number of hydrogen-bond donors (Lipinski definition) is 1. The van der Waals surface area contributed by atoms with Crippen molar-refractivity contribution in [1.82, 2.24) is 0 Å². The highest BCUT2D eigenvalue weighted by Gasteiger charge is 2.06. The van der Waals surface area contributed by atoms with Crippen LogP contribution in [0.4, 0.5) is 10.1 Å². The van der Waals surface area contributed by atoms with E-state index >= 15 is 0 Å². The lowest BCUT2D eigenvalue weighted by Gasteiger charge is -2.06. The fourth-order valence-corrected chi connectivity index (χ4v) is 1.57. The van der Waals surface area contributed by atoms with Crippen LogP contribution in [0.15, 0.2) is 29.0 Å². The van der Waals surface area contributed by atoms with Gasteiger partial charge in [-0.15, -0.1) is 0 Å². The van der Waals surface area contributed by atoms with Gasteiger partial charge in [-0.05, 0) is 24.0 Å². The Bertz CT molecular complexity index is 310. The zero-order valence-electron chi connectivity index (χ0n) is 6.80. The van der Waals surface area contributed by atoms with Gasteiger partial charge in [0.25, 0.3) is 0 Å². The van der Waals surface area contributed by atoms with Crippen LogP contribution < -0.4 is 5.73 Å². The zero-order chi connectivity index (χ0) is 9.14. The molecule has 0 radical (unpaired) electrons. The Morgan fingerprint density at radius 1 is 1.58 bits per heavy atom. The van der Waals surface area contributed by atoms with Gasteiger partial charge in [-0.2, -0.15) is 0 Å². The summed E-state index contributed by atoms with van der Waals surface area (Å²) in [4.78, 5) is 0.755. The summed E-state index contributed by atoms with van der Waals surface area (Å²) in [6.45, 7) is 5.44. The van der Waals surface area contributed by atoms with Crippen LogP contribution in [0.25, 0.3) is 0 Å². The van der Waals surface area contributed by atoms with Gasteiger partial charge >= 0.3 is 0 Å². The van der Waals surface area contributed by atoms with Crippen molar-refractivity contribution in [2.45, 2.75) is 11.8 Å². The first-order valence-corrected chi connectivity index (χ1v) is 4.37. The molecular weight excluding hydrogens is 173 g/mol. The molecule has 0 saturated carbocycles. The monoisotopic (exact) mass is 183 g/mol. The Balaban J connectivity index is 3.22. The molecule has 0 aliphatic rings. The molecule has 64 valence electrons. The second kappa shape index (κ2) is 3.63. The Morgan fingerprint density at radius 3 is 2.83 bits per heavy atom. The van der Waals surface area contributed by atoms with E-state index in [1.54, 1.807) is 11.5 Å². The molecule has 0 aromatic heterocycles. The van der Waals surface area contributed by atoms with Crippen molar-refractivity contribution in [1.29, 1.82) is 0 Å². The van der Waals surface area contributed by atoms with Crippen molar-refractivity contribution < 1.29 is 4.39 Å². The van der Waals surface area contributed by atoms with Crippen LogP contribution in [0.5, 0.6) is 0 Å². The number of aryl methyl sites for hydroxylation is 1. The van der Waals surface area contributed by atoms with Crippen LogP contribution >= 0.6 is 11.8 Å². The highest BCUT2D eigenvalue weighted by Crippen LogP contribution is 2.30. The molecule has 0 amide bonds. The van der Waals surface area contributed by atoms with Crippen molar-refractivity contribution in [2.24, 2.45) is 0 Å². The number of halogens is 1. The maximum atomic E-state index is 12.9. The number of anilines is 1. The topological polar surface area (TPSA) is 26.0 Å². The second-order valence-corrected chi connectivity index (χ2v) is 3.37. The largest absolute Gasteiger partial charge is 0.395 e. The molecule has 0 saturated heterocycles. The fraction of sp³-hybridized carbons (Fsp3) is 0.111. The Kier molecular flexibility index (Phi) is 2.76. The molecule has 1 aromatic rings. The van der Waals surface area contributed by atoms with Gasteiger partial charge in [0.05, 0.1) is 5.69 Å². The van der Waals surface area contributed by atoms with E-state index in [9.17, 15) is 4.39 Å². The van der Waals surface area contributed by atoms with Gasteiger partial charge in [0, 0.05) is 4.90 Å². The molecule has 0 unspecified atom stereocenters. The van der Waals surface area contributed by atoms with E-state index in [1.165, 1.54) is 17.8 Å². The molecule has 0 aliphatic heterocycles. The number of benzene rings is 1. The van der Waals surface area contributed by atoms with Crippen LogP contribution in [0, 0.1) is 12.7 Å². The standard InChI is InChI=1S/C9H10FNS/c1-3-12-9-6(2)4-5-7(10)8(9)11/h3-5H,1,11H2,2H3. The summed E-state index contributed by atoms with van der Waals surface area (Å²) in [7, 11) is 0. The van der Waals surface area contributed by atoms with Gasteiger partial charge in [0.1, 0.15) is 5.82 Å². The number of nitrogen functional groups attached to an aromatic ring is 1. The summed E-state index contributed by atoms with van der Waals surface area (Å²) < 4.78 is 12.9. The molecule has 0 spiro atoms. The van der Waals surface area contributed by atoms with Gasteiger partial charge in [0.15, 0.2) is 0 Å². The molecule has 0 aliphatic carbocycles. The van der Waals surface area contributed by atoms with E-state index in [2.05, 4.69) is 6.58 Å². The first-order chi connectivity index (χ1) is 5.66. The van der Waals surface area contributed by atoms with E-state index in [1.807, 2.05) is 6.92 Å². The van der Waals surface area contributed by atoms with Crippen LogP contribution in [0.3, 0.4) is 0 Å². The molecule has 1 aromatic carbocycles. The normalized spacial score (nSPS) is 9.83. The number of thioether (sulfide) groups is 1. The van der Waals surface area contributed by atoms with Crippen molar-refractivity contribution in [3.05, 3.63) is 35.5 Å². The second-order valence-electron chi connectivity index (χ2n) is 2.39. The molecule has 1 rings (SSSR count). The molecule has 2 N–H and O–H groups in total. The Hall–Kier alpha value is -0.960. The lowest BCUT2D eigenvalue weighted by molar-refractivity contribution is 0.629. The highest BCUT2D eigenvalue weighted by molar-refractivity contribution is 8.02. The van der Waals surface area contributed by atoms with Gasteiger partial charge in [-0.1, -0.05) is 24.4 Å². The Labute approximate surface area is 75.5 Å². The van der Waals surface area contributed by atoms with Crippen LogP contribution in [-0.2, 0) is 0 Å². The lowest BCUT2D eigenvalue weighted by atomic mass is 10.2. The van der Waals surface area contributed by atoms with Crippen molar-refractivity contribution in [3.63, 3.8) is 0 Å². The zero-order valence-corrected chi connectivity index (χ0v) is 7.62. The van der Waals surface area contributed by atoms with E-state index in [4.69, 9.17) is 5.73 Å². The number of nitrogens with two attached hydrogens (primary N) is 1. The summed E-state index contributed by atoms with van der Waals surface area (Å²) >= 11 is 1.34. The first-order valence-electron chi connectivity index (χ1n) is 3.49. The molecule has 0 fully saturated rings.